The van der Waals surface area contributed by atoms with Crippen molar-refractivity contribution >= 4 is 23.2 Å². The van der Waals surface area contributed by atoms with Gasteiger partial charge in [-0.1, -0.05) is 0 Å². The molecule has 0 radical (unpaired) electrons. The van der Waals surface area contributed by atoms with E-state index in [9.17, 15) is 4.79 Å². The molecule has 108 valence electrons. The third kappa shape index (κ3) is 3.06. The molecule has 2 aromatic heterocycles. The predicted octanol–water partition coefficient (Wildman–Crippen LogP) is 0.0978. The average Bonchev–Trinajstić information content (AvgIpc) is 2.44. The number of hydrogen-bond acceptors (Lipinski definition) is 7. The fraction of sp³-hybridized carbons (Fsp3) is 0.231. The summed E-state index contributed by atoms with van der Waals surface area (Å²) in [6.45, 7) is 1.71. The molecule has 1 aliphatic heterocycles. The van der Waals surface area contributed by atoms with E-state index in [0.29, 0.717) is 22.9 Å². The van der Waals surface area contributed by atoms with Crippen molar-refractivity contribution in [3.05, 3.63) is 36.4 Å². The molecule has 0 spiro atoms. The van der Waals surface area contributed by atoms with E-state index in [1.54, 1.807) is 24.7 Å². The van der Waals surface area contributed by atoms with Gasteiger partial charge in [-0.25, -0.2) is 9.97 Å². The number of nitrogens with zero attached hydrogens (tertiary/aromatic N) is 3. The van der Waals surface area contributed by atoms with E-state index in [1.807, 2.05) is 0 Å². The van der Waals surface area contributed by atoms with Gasteiger partial charge in [0.15, 0.2) is 0 Å². The summed E-state index contributed by atoms with van der Waals surface area (Å²) >= 11 is 0. The van der Waals surface area contributed by atoms with Crippen LogP contribution in [0.2, 0.25) is 0 Å². The van der Waals surface area contributed by atoms with Gasteiger partial charge >= 0.3 is 0 Å². The number of hydrogen-bond donors (Lipinski definition) is 4. The van der Waals surface area contributed by atoms with Crippen molar-refractivity contribution in [3.8, 4) is 0 Å². The van der Waals surface area contributed by atoms with Gasteiger partial charge in [-0.05, 0) is 0 Å². The molecular formula is C13H15N7O. The maximum atomic E-state index is 11.5. The molecule has 3 heterocycles. The second kappa shape index (κ2) is 5.71. The lowest BCUT2D eigenvalue weighted by Crippen LogP contribution is -2.51. The first-order chi connectivity index (χ1) is 10.2. The van der Waals surface area contributed by atoms with E-state index in [-0.39, 0.29) is 6.04 Å². The number of carbonyl (C=O) groups excluding carboxylic acids is 1. The van der Waals surface area contributed by atoms with Gasteiger partial charge in [0.2, 0.25) is 0 Å². The summed E-state index contributed by atoms with van der Waals surface area (Å²) in [6.07, 6.45) is 6.22. The van der Waals surface area contributed by atoms with Crippen molar-refractivity contribution in [2.24, 2.45) is 5.73 Å². The number of pyridine rings is 1. The summed E-state index contributed by atoms with van der Waals surface area (Å²) in [6, 6.07) is 2.03. The Labute approximate surface area is 121 Å². The Morgan fingerprint density at radius 3 is 2.71 bits per heavy atom. The summed E-state index contributed by atoms with van der Waals surface area (Å²) in [5, 5.41) is 9.46. The third-order valence-electron chi connectivity index (χ3n) is 3.13. The second-order valence-electron chi connectivity index (χ2n) is 4.69. The predicted molar refractivity (Wildman–Crippen MR) is 78.4 cm³/mol. The molecule has 5 N–H and O–H groups in total. The van der Waals surface area contributed by atoms with Crippen LogP contribution in [0.15, 0.2) is 30.9 Å². The van der Waals surface area contributed by atoms with Crippen LogP contribution in [0.25, 0.3) is 0 Å². The van der Waals surface area contributed by atoms with Crippen molar-refractivity contribution in [1.82, 2.24) is 20.3 Å². The molecule has 8 heteroatoms. The Bertz CT molecular complexity index is 642. The van der Waals surface area contributed by atoms with E-state index in [0.717, 1.165) is 13.1 Å². The number of primary amides is 1. The molecule has 1 fully saturated rings. The normalized spacial score (nSPS) is 14.3. The number of nitrogens with one attached hydrogen (secondary N) is 3. The van der Waals surface area contributed by atoms with Crippen LogP contribution >= 0.6 is 0 Å². The summed E-state index contributed by atoms with van der Waals surface area (Å²) in [4.78, 5) is 23.7. The number of carbonyl (C=O) groups is 1. The Morgan fingerprint density at radius 1 is 1.24 bits per heavy atom. The Balaban J connectivity index is 1.84. The maximum Gasteiger partial charge on any atom is 0.252 e. The molecule has 0 bridgehead atoms. The van der Waals surface area contributed by atoms with Gasteiger partial charge in [-0.2, -0.15) is 0 Å². The molecule has 0 aromatic carbocycles. The lowest BCUT2D eigenvalue weighted by atomic mass is 10.1. The van der Waals surface area contributed by atoms with Gasteiger partial charge in [0.25, 0.3) is 5.91 Å². The number of nitrogens with two attached hydrogens (primary N) is 1. The van der Waals surface area contributed by atoms with Crippen molar-refractivity contribution in [3.63, 3.8) is 0 Å². The van der Waals surface area contributed by atoms with Crippen LogP contribution in [0, 0.1) is 0 Å². The lowest BCUT2D eigenvalue weighted by molar-refractivity contribution is 0.100. The molecule has 8 nitrogen and oxygen atoms in total. The Hall–Kier alpha value is -2.74. The minimum Gasteiger partial charge on any atom is -0.379 e. The molecule has 1 aliphatic rings. The molecule has 2 aromatic rings. The van der Waals surface area contributed by atoms with Crippen LogP contribution in [0.3, 0.4) is 0 Å². The summed E-state index contributed by atoms with van der Waals surface area (Å²) in [5.74, 6) is 0.631. The van der Waals surface area contributed by atoms with Gasteiger partial charge in [0, 0.05) is 37.7 Å². The number of amides is 1. The topological polar surface area (TPSA) is 118 Å². The number of rotatable bonds is 5. The Morgan fingerprint density at radius 2 is 2.10 bits per heavy atom. The largest absolute Gasteiger partial charge is 0.379 e. The van der Waals surface area contributed by atoms with Crippen LogP contribution in [0.4, 0.5) is 17.3 Å². The second-order valence-corrected chi connectivity index (χ2v) is 4.69. The van der Waals surface area contributed by atoms with Crippen LogP contribution < -0.4 is 21.7 Å². The highest BCUT2D eigenvalue weighted by Crippen LogP contribution is 2.21. The first-order valence-corrected chi connectivity index (χ1v) is 6.52. The van der Waals surface area contributed by atoms with Gasteiger partial charge in [0.1, 0.15) is 11.6 Å². The van der Waals surface area contributed by atoms with Crippen molar-refractivity contribution in [1.29, 1.82) is 0 Å². The molecule has 3 rings (SSSR count). The van der Waals surface area contributed by atoms with Gasteiger partial charge in [-0.15, -0.1) is 0 Å². The van der Waals surface area contributed by atoms with Crippen LogP contribution in [-0.2, 0) is 0 Å². The molecule has 0 saturated carbocycles. The van der Waals surface area contributed by atoms with Gasteiger partial charge < -0.3 is 21.7 Å². The SMILES string of the molecule is NC(=O)c1cnc(Nc2cnccn2)cc1NC1CNC1. The smallest absolute Gasteiger partial charge is 0.252 e. The zero-order valence-corrected chi connectivity index (χ0v) is 11.2. The van der Waals surface area contributed by atoms with Crippen molar-refractivity contribution < 1.29 is 4.79 Å². The van der Waals surface area contributed by atoms with Crippen molar-refractivity contribution in [2.75, 3.05) is 23.7 Å². The number of aromatic nitrogens is 3. The van der Waals surface area contributed by atoms with E-state index in [4.69, 9.17) is 5.73 Å². The van der Waals surface area contributed by atoms with E-state index >= 15 is 0 Å². The molecular weight excluding hydrogens is 270 g/mol. The summed E-state index contributed by atoms with van der Waals surface area (Å²) < 4.78 is 0. The first kappa shape index (κ1) is 13.3. The third-order valence-corrected chi connectivity index (χ3v) is 3.13. The monoisotopic (exact) mass is 285 g/mol. The molecule has 21 heavy (non-hydrogen) atoms. The highest BCUT2D eigenvalue weighted by Gasteiger charge is 2.19. The highest BCUT2D eigenvalue weighted by molar-refractivity contribution is 5.98. The fourth-order valence-corrected chi connectivity index (χ4v) is 1.95. The zero-order chi connectivity index (χ0) is 14.7. The molecule has 1 saturated heterocycles. The maximum absolute atomic E-state index is 11.5. The summed E-state index contributed by atoms with van der Waals surface area (Å²) in [5.41, 5.74) is 6.40. The zero-order valence-electron chi connectivity index (χ0n) is 11.2. The summed E-state index contributed by atoms with van der Waals surface area (Å²) in [7, 11) is 0. The fourth-order valence-electron chi connectivity index (χ4n) is 1.95. The standard InChI is InChI=1S/C13H15N7O/c14-13(21)9-6-18-11(20-12-7-15-1-2-17-12)3-10(9)19-8-4-16-5-8/h1-3,6-8,16H,4-5H2,(H2,14,21)(H2,17,18,19,20). The average molecular weight is 285 g/mol. The minimum absolute atomic E-state index is 0.287. The molecule has 1 amide bonds. The first-order valence-electron chi connectivity index (χ1n) is 6.52. The van der Waals surface area contributed by atoms with E-state index in [1.165, 1.54) is 6.20 Å². The van der Waals surface area contributed by atoms with E-state index < -0.39 is 5.91 Å². The van der Waals surface area contributed by atoms with Crippen LogP contribution in [-0.4, -0.2) is 40.0 Å². The lowest BCUT2D eigenvalue weighted by Gasteiger charge is -2.29. The van der Waals surface area contributed by atoms with E-state index in [2.05, 4.69) is 30.9 Å². The minimum atomic E-state index is -0.511. The quantitative estimate of drug-likeness (QED) is 0.615. The Kier molecular flexibility index (Phi) is 3.61. The molecule has 0 unspecified atom stereocenters. The molecule has 0 atom stereocenters. The van der Waals surface area contributed by atoms with Crippen LogP contribution in [0.5, 0.6) is 0 Å². The van der Waals surface area contributed by atoms with Crippen molar-refractivity contribution in [2.45, 2.75) is 6.04 Å². The van der Waals surface area contributed by atoms with Gasteiger partial charge in [0.05, 0.1) is 23.5 Å². The number of anilines is 3. The molecule has 0 aliphatic carbocycles. The van der Waals surface area contributed by atoms with Gasteiger partial charge in [-0.3, -0.25) is 9.78 Å². The highest BCUT2D eigenvalue weighted by atomic mass is 16.1. The van der Waals surface area contributed by atoms with Crippen LogP contribution in [0.1, 0.15) is 10.4 Å².